The van der Waals surface area contributed by atoms with Crippen LogP contribution in [0.3, 0.4) is 0 Å². The highest BCUT2D eigenvalue weighted by atomic mass is 19.3. The second-order valence-corrected chi connectivity index (χ2v) is 1.41. The Kier molecular flexibility index (Phi) is 3.79. The van der Waals surface area contributed by atoms with Gasteiger partial charge in [-0.05, 0) is 6.92 Å². The van der Waals surface area contributed by atoms with Gasteiger partial charge in [0.1, 0.15) is 0 Å². The van der Waals surface area contributed by atoms with Crippen LogP contribution in [0.1, 0.15) is 6.92 Å². The quantitative estimate of drug-likeness (QED) is 0.321. The van der Waals surface area contributed by atoms with Crippen LogP contribution in [-0.4, -0.2) is 24.3 Å². The lowest BCUT2D eigenvalue weighted by Gasteiger charge is -1.95. The Labute approximate surface area is 61.0 Å². The zero-order valence-corrected chi connectivity index (χ0v) is 5.63. The molecule has 0 rings (SSSR count). The van der Waals surface area contributed by atoms with Crippen LogP contribution in [0, 0.1) is 0 Å². The maximum atomic E-state index is 11.0. The van der Waals surface area contributed by atoms with Gasteiger partial charge in [0.25, 0.3) is 0 Å². The number of hydrogen-bond donors (Lipinski definition) is 0. The highest BCUT2D eigenvalue weighted by Crippen LogP contribution is 1.86. The average molecular weight is 164 g/mol. The Morgan fingerprint density at radius 1 is 1.27 bits per heavy atom. The fourth-order valence-corrected chi connectivity index (χ4v) is 0.315. The Bertz CT molecular complexity index is 187. The van der Waals surface area contributed by atoms with Crippen LogP contribution in [0.15, 0.2) is 0 Å². The molecule has 0 amide bonds. The SMILES string of the molecule is CCOC(=O)C(=O)C(=O)OF. The molecule has 0 atom stereocenters. The minimum atomic E-state index is -1.87. The molecule has 0 spiro atoms. The molecule has 0 aliphatic heterocycles. The van der Waals surface area contributed by atoms with Crippen LogP contribution in [0.4, 0.5) is 4.53 Å². The summed E-state index contributed by atoms with van der Waals surface area (Å²) in [6.07, 6.45) is 0. The van der Waals surface area contributed by atoms with Gasteiger partial charge in [-0.15, -0.1) is 0 Å². The zero-order valence-electron chi connectivity index (χ0n) is 5.63. The lowest BCUT2D eigenvalue weighted by atomic mass is 10.4. The lowest BCUT2D eigenvalue weighted by Crippen LogP contribution is -2.26. The van der Waals surface area contributed by atoms with Crippen LogP contribution < -0.4 is 0 Å². The number of halogens is 1. The van der Waals surface area contributed by atoms with Crippen molar-refractivity contribution in [1.82, 2.24) is 0 Å². The van der Waals surface area contributed by atoms with E-state index in [1.165, 1.54) is 6.92 Å². The summed E-state index contributed by atoms with van der Waals surface area (Å²) >= 11 is 0. The van der Waals surface area contributed by atoms with Crippen molar-refractivity contribution in [3.05, 3.63) is 0 Å². The van der Waals surface area contributed by atoms with Crippen molar-refractivity contribution in [2.75, 3.05) is 6.61 Å². The van der Waals surface area contributed by atoms with E-state index in [-0.39, 0.29) is 6.61 Å². The van der Waals surface area contributed by atoms with Crippen molar-refractivity contribution >= 4 is 17.7 Å². The molecule has 6 heteroatoms. The highest BCUT2D eigenvalue weighted by molar-refractivity contribution is 6.60. The third kappa shape index (κ3) is 2.74. The second-order valence-electron chi connectivity index (χ2n) is 1.41. The van der Waals surface area contributed by atoms with E-state index in [2.05, 4.69) is 9.68 Å². The van der Waals surface area contributed by atoms with E-state index < -0.39 is 17.7 Å². The first-order chi connectivity index (χ1) is 5.13. The molecule has 0 aromatic rings. The van der Waals surface area contributed by atoms with Gasteiger partial charge in [0, 0.05) is 4.53 Å². The maximum absolute atomic E-state index is 11.0. The summed E-state index contributed by atoms with van der Waals surface area (Å²) in [4.78, 5) is 33.0. The summed E-state index contributed by atoms with van der Waals surface area (Å²) in [6.45, 7) is 1.37. The normalized spacial score (nSPS) is 8.55. The second kappa shape index (κ2) is 4.37. The first-order valence-electron chi connectivity index (χ1n) is 2.67. The minimum Gasteiger partial charge on any atom is -0.460 e. The number of carbonyl (C=O) groups excluding carboxylic acids is 3. The summed E-state index contributed by atoms with van der Waals surface area (Å²) in [7, 11) is 0. The molecular formula is C5H5FO5. The van der Waals surface area contributed by atoms with Crippen LogP contribution in [0.5, 0.6) is 0 Å². The summed E-state index contributed by atoms with van der Waals surface area (Å²) in [5, 5.41) is 0. The van der Waals surface area contributed by atoms with E-state index in [0.29, 0.717) is 0 Å². The Balaban J connectivity index is 4.03. The van der Waals surface area contributed by atoms with Crippen molar-refractivity contribution in [2.45, 2.75) is 6.92 Å². The number of Topliss-reactive ketones (excluding diaryl/α,β-unsaturated/α-hetero) is 1. The molecule has 0 aromatic heterocycles. The first kappa shape index (κ1) is 9.54. The van der Waals surface area contributed by atoms with Gasteiger partial charge in [0.15, 0.2) is 0 Å². The fraction of sp³-hybridized carbons (Fsp3) is 0.400. The van der Waals surface area contributed by atoms with Gasteiger partial charge in [-0.25, -0.2) is 14.5 Å². The van der Waals surface area contributed by atoms with Gasteiger partial charge < -0.3 is 4.74 Å². The topological polar surface area (TPSA) is 69.7 Å². The molecule has 0 bridgehead atoms. The monoisotopic (exact) mass is 164 g/mol. The van der Waals surface area contributed by atoms with Gasteiger partial charge in [-0.1, -0.05) is 0 Å². The van der Waals surface area contributed by atoms with E-state index >= 15 is 0 Å². The van der Waals surface area contributed by atoms with Gasteiger partial charge in [-0.3, -0.25) is 4.79 Å². The Hall–Kier alpha value is -1.46. The molecule has 0 aromatic carbocycles. The van der Waals surface area contributed by atoms with E-state index in [1.807, 2.05) is 0 Å². The number of ketones is 1. The minimum absolute atomic E-state index is 0.0653. The third-order valence-corrected chi connectivity index (χ3v) is 0.716. The van der Waals surface area contributed by atoms with Crippen molar-refractivity contribution < 1.29 is 28.6 Å². The summed E-state index contributed by atoms with van der Waals surface area (Å²) < 4.78 is 15.0. The number of hydrogen-bond acceptors (Lipinski definition) is 5. The predicted octanol–water partition coefficient (Wildman–Crippen LogP) is -0.454. The van der Waals surface area contributed by atoms with E-state index in [0.717, 1.165) is 0 Å². The van der Waals surface area contributed by atoms with Crippen molar-refractivity contribution in [2.24, 2.45) is 0 Å². The molecule has 0 unspecified atom stereocenters. The standard InChI is InChI=1S/C5H5FO5/c1-2-10-4(8)3(7)5(9)11-6/h2H2,1H3. The van der Waals surface area contributed by atoms with Gasteiger partial charge >= 0.3 is 17.7 Å². The molecule has 0 N–H and O–H groups in total. The molecule has 0 fully saturated rings. The van der Waals surface area contributed by atoms with Gasteiger partial charge in [0.2, 0.25) is 0 Å². The van der Waals surface area contributed by atoms with Crippen LogP contribution in [0.25, 0.3) is 0 Å². The van der Waals surface area contributed by atoms with Crippen molar-refractivity contribution in [3.63, 3.8) is 0 Å². The molecular weight excluding hydrogens is 159 g/mol. The van der Waals surface area contributed by atoms with Crippen molar-refractivity contribution in [3.8, 4) is 0 Å². The molecule has 0 aliphatic rings. The van der Waals surface area contributed by atoms with Gasteiger partial charge in [-0.2, -0.15) is 0 Å². The lowest BCUT2D eigenvalue weighted by molar-refractivity contribution is -0.188. The Morgan fingerprint density at radius 2 is 1.82 bits per heavy atom. The number of ether oxygens (including phenoxy) is 1. The van der Waals surface area contributed by atoms with Crippen molar-refractivity contribution in [1.29, 1.82) is 0 Å². The molecule has 0 heterocycles. The summed E-state index contributed by atoms with van der Waals surface area (Å²) in [5.41, 5.74) is 0. The zero-order chi connectivity index (χ0) is 8.85. The molecule has 0 radical (unpaired) electrons. The first-order valence-corrected chi connectivity index (χ1v) is 2.67. The molecule has 5 nitrogen and oxygen atoms in total. The van der Waals surface area contributed by atoms with E-state index in [9.17, 15) is 18.9 Å². The van der Waals surface area contributed by atoms with Crippen LogP contribution >= 0.6 is 0 Å². The molecule has 11 heavy (non-hydrogen) atoms. The summed E-state index contributed by atoms with van der Waals surface area (Å²) in [5.74, 6) is -4.95. The largest absolute Gasteiger partial charge is 0.460 e. The molecule has 0 aliphatic carbocycles. The fourth-order valence-electron chi connectivity index (χ4n) is 0.315. The van der Waals surface area contributed by atoms with Crippen LogP contribution in [0.2, 0.25) is 0 Å². The number of esters is 1. The molecule has 0 saturated carbocycles. The van der Waals surface area contributed by atoms with Gasteiger partial charge in [0.05, 0.1) is 6.61 Å². The average Bonchev–Trinajstić information content (AvgIpc) is 2.02. The maximum Gasteiger partial charge on any atom is 0.426 e. The van der Waals surface area contributed by atoms with Crippen LogP contribution in [-0.2, 0) is 24.1 Å². The number of rotatable bonds is 3. The summed E-state index contributed by atoms with van der Waals surface area (Å²) in [6, 6.07) is 0. The predicted molar refractivity (Wildman–Crippen MR) is 28.8 cm³/mol. The highest BCUT2D eigenvalue weighted by Gasteiger charge is 2.26. The third-order valence-electron chi connectivity index (χ3n) is 0.716. The Morgan fingerprint density at radius 3 is 2.18 bits per heavy atom. The molecule has 62 valence electrons. The van der Waals surface area contributed by atoms with E-state index in [4.69, 9.17) is 0 Å². The molecule has 0 saturated heterocycles. The van der Waals surface area contributed by atoms with E-state index in [1.54, 1.807) is 0 Å². The smallest absolute Gasteiger partial charge is 0.426 e. The number of carbonyl (C=O) groups is 3.